The van der Waals surface area contributed by atoms with Crippen LogP contribution in [0.4, 0.5) is 0 Å². The molecule has 0 radical (unpaired) electrons. The quantitative estimate of drug-likeness (QED) is 0.687. The van der Waals surface area contributed by atoms with Crippen LogP contribution in [0.3, 0.4) is 0 Å². The van der Waals surface area contributed by atoms with E-state index in [0.29, 0.717) is 10.4 Å². The summed E-state index contributed by atoms with van der Waals surface area (Å²) in [7, 11) is 0. The van der Waals surface area contributed by atoms with Crippen molar-refractivity contribution in [3.8, 4) is 10.8 Å². The first kappa shape index (κ1) is 7.71. The van der Waals surface area contributed by atoms with Gasteiger partial charge in [0.15, 0.2) is 5.75 Å². The Hall–Kier alpha value is -0.930. The van der Waals surface area contributed by atoms with E-state index in [0.717, 1.165) is 16.0 Å². The first-order valence-corrected chi connectivity index (χ1v) is 4.48. The van der Waals surface area contributed by atoms with Crippen LogP contribution >= 0.6 is 22.9 Å². The third-order valence-corrected chi connectivity index (χ3v) is 2.80. The molecule has 0 amide bonds. The molecule has 12 heavy (non-hydrogen) atoms. The van der Waals surface area contributed by atoms with E-state index in [1.165, 1.54) is 0 Å². The molecular weight excluding hydrogens is 196 g/mol. The minimum atomic E-state index is -0.0856. The van der Waals surface area contributed by atoms with E-state index in [-0.39, 0.29) is 10.8 Å². The van der Waals surface area contributed by atoms with Crippen LogP contribution in [0.1, 0.15) is 0 Å². The maximum absolute atomic E-state index is 9.32. The largest absolute Gasteiger partial charge is 0.503 e. The van der Waals surface area contributed by atoms with Crippen LogP contribution in [0.5, 0.6) is 10.8 Å². The summed E-state index contributed by atoms with van der Waals surface area (Å²) >= 11 is 6.85. The number of thiophene rings is 1. The van der Waals surface area contributed by atoms with Gasteiger partial charge in [-0.05, 0) is 18.2 Å². The molecule has 1 aromatic carbocycles. The predicted molar refractivity (Wildman–Crippen MR) is 50.2 cm³/mol. The van der Waals surface area contributed by atoms with Crippen LogP contribution in [0, 0.1) is 0 Å². The van der Waals surface area contributed by atoms with Crippen LogP contribution in [-0.2, 0) is 0 Å². The molecule has 2 rings (SSSR count). The lowest BCUT2D eigenvalue weighted by molar-refractivity contribution is 0.419. The van der Waals surface area contributed by atoms with Crippen molar-refractivity contribution in [1.29, 1.82) is 0 Å². The lowest BCUT2D eigenvalue weighted by Crippen LogP contribution is -1.64. The van der Waals surface area contributed by atoms with E-state index < -0.39 is 0 Å². The van der Waals surface area contributed by atoms with Crippen molar-refractivity contribution < 1.29 is 10.2 Å². The van der Waals surface area contributed by atoms with Gasteiger partial charge in [-0.1, -0.05) is 22.9 Å². The second-order valence-electron chi connectivity index (χ2n) is 2.40. The minimum Gasteiger partial charge on any atom is -0.503 e. The number of fused-ring (bicyclic) bond motifs is 1. The van der Waals surface area contributed by atoms with Gasteiger partial charge in [0.25, 0.3) is 0 Å². The van der Waals surface area contributed by atoms with Crippen molar-refractivity contribution in [2.75, 3.05) is 0 Å². The Balaban J connectivity index is 2.88. The summed E-state index contributed by atoms with van der Waals surface area (Å²) in [6.45, 7) is 0. The van der Waals surface area contributed by atoms with Gasteiger partial charge in [-0.2, -0.15) is 0 Å². The Labute approximate surface area is 77.6 Å². The molecule has 0 unspecified atom stereocenters. The van der Waals surface area contributed by atoms with Gasteiger partial charge in [0.1, 0.15) is 0 Å². The SMILES string of the molecule is Oc1sc2ccc(Cl)cc2c1O. The van der Waals surface area contributed by atoms with Crippen LogP contribution in [-0.4, -0.2) is 10.2 Å². The van der Waals surface area contributed by atoms with Crippen molar-refractivity contribution in [2.24, 2.45) is 0 Å². The molecule has 0 spiro atoms. The Bertz CT molecular complexity index is 436. The van der Waals surface area contributed by atoms with E-state index in [1.807, 2.05) is 0 Å². The average molecular weight is 201 g/mol. The molecule has 0 aliphatic heterocycles. The summed E-state index contributed by atoms with van der Waals surface area (Å²) < 4.78 is 0.828. The number of halogens is 1. The Morgan fingerprint density at radius 3 is 2.75 bits per heavy atom. The Morgan fingerprint density at radius 2 is 2.00 bits per heavy atom. The number of hydrogen-bond donors (Lipinski definition) is 2. The van der Waals surface area contributed by atoms with Crippen molar-refractivity contribution in [2.45, 2.75) is 0 Å². The van der Waals surface area contributed by atoms with Gasteiger partial charge < -0.3 is 10.2 Å². The zero-order valence-corrected chi connectivity index (χ0v) is 7.49. The van der Waals surface area contributed by atoms with Crippen molar-refractivity contribution in [3.63, 3.8) is 0 Å². The normalized spacial score (nSPS) is 10.8. The Morgan fingerprint density at radius 1 is 1.25 bits per heavy atom. The Kier molecular flexibility index (Phi) is 1.63. The van der Waals surface area contributed by atoms with Gasteiger partial charge in [0.05, 0.1) is 0 Å². The average Bonchev–Trinajstić information content (AvgIpc) is 2.31. The van der Waals surface area contributed by atoms with E-state index >= 15 is 0 Å². The van der Waals surface area contributed by atoms with Gasteiger partial charge in [-0.25, -0.2) is 0 Å². The predicted octanol–water partition coefficient (Wildman–Crippen LogP) is 2.97. The van der Waals surface area contributed by atoms with Gasteiger partial charge in [-0.15, -0.1) is 0 Å². The summed E-state index contributed by atoms with van der Waals surface area (Å²) in [4.78, 5) is 0. The first-order chi connectivity index (χ1) is 5.68. The highest BCUT2D eigenvalue weighted by molar-refractivity contribution is 7.21. The second kappa shape index (κ2) is 2.54. The highest BCUT2D eigenvalue weighted by Gasteiger charge is 2.09. The lowest BCUT2D eigenvalue weighted by atomic mass is 10.2. The minimum absolute atomic E-state index is 0.0627. The monoisotopic (exact) mass is 200 g/mol. The maximum Gasteiger partial charge on any atom is 0.215 e. The molecule has 2 aromatic rings. The third kappa shape index (κ3) is 1.02. The summed E-state index contributed by atoms with van der Waals surface area (Å²) in [5.41, 5.74) is 0. The smallest absolute Gasteiger partial charge is 0.215 e. The molecule has 0 saturated heterocycles. The summed E-state index contributed by atoms with van der Waals surface area (Å²) in [5.74, 6) is -0.0856. The molecule has 1 heterocycles. The molecule has 4 heteroatoms. The molecule has 0 atom stereocenters. The summed E-state index contributed by atoms with van der Waals surface area (Å²) in [6.07, 6.45) is 0. The fraction of sp³-hybridized carbons (Fsp3) is 0. The fourth-order valence-corrected chi connectivity index (χ4v) is 2.03. The van der Waals surface area contributed by atoms with E-state index in [4.69, 9.17) is 16.7 Å². The molecule has 62 valence electrons. The topological polar surface area (TPSA) is 40.5 Å². The van der Waals surface area contributed by atoms with Crippen molar-refractivity contribution >= 4 is 33.0 Å². The van der Waals surface area contributed by atoms with Crippen LogP contribution in [0.15, 0.2) is 18.2 Å². The number of benzene rings is 1. The molecular formula is C8H5ClO2S. The lowest BCUT2D eigenvalue weighted by Gasteiger charge is -1.90. The fourth-order valence-electron chi connectivity index (χ4n) is 1.04. The molecule has 0 bridgehead atoms. The summed E-state index contributed by atoms with van der Waals surface area (Å²) in [5, 5.41) is 19.6. The van der Waals surface area contributed by atoms with Crippen molar-refractivity contribution in [3.05, 3.63) is 23.2 Å². The molecule has 2 N–H and O–H groups in total. The van der Waals surface area contributed by atoms with Gasteiger partial charge in [0.2, 0.25) is 5.06 Å². The molecule has 2 nitrogen and oxygen atoms in total. The molecule has 0 aliphatic rings. The molecule has 0 saturated carbocycles. The second-order valence-corrected chi connectivity index (χ2v) is 3.86. The van der Waals surface area contributed by atoms with E-state index in [2.05, 4.69) is 0 Å². The summed E-state index contributed by atoms with van der Waals surface area (Å²) in [6, 6.07) is 5.11. The number of rotatable bonds is 0. The highest BCUT2D eigenvalue weighted by Crippen LogP contribution is 2.42. The third-order valence-electron chi connectivity index (χ3n) is 1.61. The van der Waals surface area contributed by atoms with Gasteiger partial charge in [-0.3, -0.25) is 0 Å². The van der Waals surface area contributed by atoms with Crippen LogP contribution in [0.25, 0.3) is 10.1 Å². The van der Waals surface area contributed by atoms with Crippen molar-refractivity contribution in [1.82, 2.24) is 0 Å². The number of aromatic hydroxyl groups is 2. The van der Waals surface area contributed by atoms with Gasteiger partial charge >= 0.3 is 0 Å². The van der Waals surface area contributed by atoms with E-state index in [9.17, 15) is 5.11 Å². The van der Waals surface area contributed by atoms with Crippen LogP contribution < -0.4 is 0 Å². The molecule has 0 fully saturated rings. The van der Waals surface area contributed by atoms with Crippen LogP contribution in [0.2, 0.25) is 5.02 Å². The molecule has 0 aliphatic carbocycles. The maximum atomic E-state index is 9.32. The number of hydrogen-bond acceptors (Lipinski definition) is 3. The zero-order chi connectivity index (χ0) is 8.72. The molecule has 1 aromatic heterocycles. The van der Waals surface area contributed by atoms with Gasteiger partial charge in [0, 0.05) is 15.1 Å². The zero-order valence-electron chi connectivity index (χ0n) is 5.91. The standard InChI is InChI=1S/C8H5ClO2S/c9-4-1-2-6-5(3-4)7(10)8(11)12-6/h1-3,10-11H. The first-order valence-electron chi connectivity index (χ1n) is 3.28. The highest BCUT2D eigenvalue weighted by atomic mass is 35.5. The van der Waals surface area contributed by atoms with E-state index in [1.54, 1.807) is 18.2 Å².